The van der Waals surface area contributed by atoms with E-state index in [0.29, 0.717) is 13.0 Å². The Morgan fingerprint density at radius 3 is 2.41 bits per heavy atom. The van der Waals surface area contributed by atoms with Crippen LogP contribution in [0.4, 0.5) is 0 Å². The molecule has 1 rings (SSSR count). The Kier molecular flexibility index (Phi) is 6.01. The van der Waals surface area contributed by atoms with Crippen molar-refractivity contribution in [3.8, 4) is 5.75 Å². The van der Waals surface area contributed by atoms with E-state index in [1.165, 1.54) is 0 Å². The van der Waals surface area contributed by atoms with Crippen molar-refractivity contribution >= 4 is 0 Å². The average molecular weight is 237 g/mol. The summed E-state index contributed by atoms with van der Waals surface area (Å²) in [7, 11) is 0. The lowest BCUT2D eigenvalue weighted by Crippen LogP contribution is -2.17. The van der Waals surface area contributed by atoms with Crippen molar-refractivity contribution in [1.82, 2.24) is 0 Å². The molecule has 96 valence electrons. The molecule has 1 aromatic rings. The number of ether oxygens (including phenoxy) is 1. The van der Waals surface area contributed by atoms with Gasteiger partial charge in [0.2, 0.25) is 0 Å². The van der Waals surface area contributed by atoms with Gasteiger partial charge in [0, 0.05) is 0 Å². The lowest BCUT2D eigenvalue weighted by Gasteiger charge is -2.17. The highest BCUT2D eigenvalue weighted by atomic mass is 16.5. The van der Waals surface area contributed by atoms with Crippen molar-refractivity contribution in [1.29, 1.82) is 0 Å². The van der Waals surface area contributed by atoms with Crippen LogP contribution in [0.1, 0.15) is 38.2 Å². The normalized spacial score (nSPS) is 14.4. The average Bonchev–Trinajstić information content (AvgIpc) is 2.34. The third kappa shape index (κ3) is 4.75. The van der Waals surface area contributed by atoms with E-state index in [4.69, 9.17) is 10.5 Å². The van der Waals surface area contributed by atoms with Crippen molar-refractivity contribution in [3.05, 3.63) is 29.8 Å². The summed E-state index contributed by atoms with van der Waals surface area (Å²) in [5.41, 5.74) is 6.89. The number of aliphatic hydroxyl groups is 1. The minimum absolute atomic E-state index is 0.218. The largest absolute Gasteiger partial charge is 0.494 e. The van der Waals surface area contributed by atoms with Crippen LogP contribution in [0.5, 0.6) is 5.75 Å². The van der Waals surface area contributed by atoms with Gasteiger partial charge in [0.1, 0.15) is 5.75 Å². The van der Waals surface area contributed by atoms with Crippen LogP contribution < -0.4 is 10.5 Å². The van der Waals surface area contributed by atoms with Crippen LogP contribution in [0.15, 0.2) is 24.3 Å². The van der Waals surface area contributed by atoms with Gasteiger partial charge in [-0.1, -0.05) is 19.1 Å². The number of benzene rings is 1. The summed E-state index contributed by atoms with van der Waals surface area (Å²) >= 11 is 0. The summed E-state index contributed by atoms with van der Waals surface area (Å²) < 4.78 is 5.52. The zero-order valence-electron chi connectivity index (χ0n) is 10.7. The molecule has 1 aromatic carbocycles. The van der Waals surface area contributed by atoms with Crippen LogP contribution in [0.2, 0.25) is 0 Å². The standard InChI is InChI=1S/C14H23NO2/c1-3-8-17-14-6-4-12(5-7-14)13(10-15)9-11(2)16/h4-7,11,13,16H,3,8-10,15H2,1-2H3. The van der Waals surface area contributed by atoms with Gasteiger partial charge in [-0.15, -0.1) is 0 Å². The van der Waals surface area contributed by atoms with E-state index in [1.54, 1.807) is 6.92 Å². The maximum absolute atomic E-state index is 9.41. The Bertz CT molecular complexity index is 309. The van der Waals surface area contributed by atoms with E-state index in [0.717, 1.165) is 24.3 Å². The second-order valence-corrected chi connectivity index (χ2v) is 4.43. The fraction of sp³-hybridized carbons (Fsp3) is 0.571. The van der Waals surface area contributed by atoms with Gasteiger partial charge in [-0.05, 0) is 49.9 Å². The Balaban J connectivity index is 2.64. The first kappa shape index (κ1) is 14.0. The molecule has 0 heterocycles. The first-order chi connectivity index (χ1) is 8.17. The molecule has 0 fully saturated rings. The van der Waals surface area contributed by atoms with Crippen LogP contribution in [0.25, 0.3) is 0 Å². The second-order valence-electron chi connectivity index (χ2n) is 4.43. The van der Waals surface area contributed by atoms with Gasteiger partial charge in [0.05, 0.1) is 12.7 Å². The van der Waals surface area contributed by atoms with Gasteiger partial charge in [-0.2, -0.15) is 0 Å². The zero-order valence-corrected chi connectivity index (χ0v) is 10.7. The second kappa shape index (κ2) is 7.30. The lowest BCUT2D eigenvalue weighted by atomic mass is 9.93. The SMILES string of the molecule is CCCOc1ccc(C(CN)CC(C)O)cc1. The van der Waals surface area contributed by atoms with Crippen LogP contribution in [0.3, 0.4) is 0 Å². The van der Waals surface area contributed by atoms with Gasteiger partial charge < -0.3 is 15.6 Å². The Morgan fingerprint density at radius 2 is 1.94 bits per heavy atom. The molecule has 0 saturated heterocycles. The first-order valence-electron chi connectivity index (χ1n) is 6.28. The lowest BCUT2D eigenvalue weighted by molar-refractivity contribution is 0.175. The topological polar surface area (TPSA) is 55.5 Å². The summed E-state index contributed by atoms with van der Waals surface area (Å²) in [5, 5.41) is 9.41. The molecule has 3 N–H and O–H groups in total. The fourth-order valence-corrected chi connectivity index (χ4v) is 1.84. The Labute approximate surface area is 104 Å². The van der Waals surface area contributed by atoms with Crippen LogP contribution in [-0.2, 0) is 0 Å². The highest BCUT2D eigenvalue weighted by molar-refractivity contribution is 5.29. The molecular weight excluding hydrogens is 214 g/mol. The molecule has 0 spiro atoms. The summed E-state index contributed by atoms with van der Waals surface area (Å²) in [5.74, 6) is 1.11. The molecule has 0 aliphatic heterocycles. The summed E-state index contributed by atoms with van der Waals surface area (Å²) in [6, 6.07) is 8.00. The van der Waals surface area contributed by atoms with Crippen molar-refractivity contribution in [2.45, 2.75) is 38.7 Å². The molecule has 3 heteroatoms. The van der Waals surface area contributed by atoms with Crippen molar-refractivity contribution in [2.75, 3.05) is 13.2 Å². The molecule has 0 aliphatic carbocycles. The van der Waals surface area contributed by atoms with Crippen LogP contribution >= 0.6 is 0 Å². The molecule has 0 aliphatic rings. The van der Waals surface area contributed by atoms with Gasteiger partial charge in [0.15, 0.2) is 0 Å². The van der Waals surface area contributed by atoms with E-state index in [9.17, 15) is 5.11 Å². The summed E-state index contributed by atoms with van der Waals surface area (Å²) in [6.07, 6.45) is 1.39. The molecule has 3 nitrogen and oxygen atoms in total. The Hall–Kier alpha value is -1.06. The fourth-order valence-electron chi connectivity index (χ4n) is 1.84. The first-order valence-corrected chi connectivity index (χ1v) is 6.28. The third-order valence-electron chi connectivity index (χ3n) is 2.73. The number of nitrogens with two attached hydrogens (primary N) is 1. The monoisotopic (exact) mass is 237 g/mol. The number of hydrogen-bond acceptors (Lipinski definition) is 3. The van der Waals surface area contributed by atoms with Gasteiger partial charge in [-0.3, -0.25) is 0 Å². The van der Waals surface area contributed by atoms with E-state index in [1.807, 2.05) is 24.3 Å². The number of aliphatic hydroxyl groups excluding tert-OH is 1. The number of hydrogen-bond donors (Lipinski definition) is 2. The molecule has 0 radical (unpaired) electrons. The molecule has 0 amide bonds. The van der Waals surface area contributed by atoms with Gasteiger partial charge in [0.25, 0.3) is 0 Å². The van der Waals surface area contributed by atoms with Crippen LogP contribution in [-0.4, -0.2) is 24.4 Å². The van der Waals surface area contributed by atoms with Crippen molar-refractivity contribution in [3.63, 3.8) is 0 Å². The number of rotatable bonds is 7. The summed E-state index contributed by atoms with van der Waals surface area (Å²) in [4.78, 5) is 0. The maximum Gasteiger partial charge on any atom is 0.119 e. The molecule has 0 bridgehead atoms. The minimum atomic E-state index is -0.320. The highest BCUT2D eigenvalue weighted by Crippen LogP contribution is 2.22. The molecule has 0 saturated carbocycles. The molecular formula is C14H23NO2. The third-order valence-corrected chi connectivity index (χ3v) is 2.73. The zero-order chi connectivity index (χ0) is 12.7. The van der Waals surface area contributed by atoms with Gasteiger partial charge in [-0.25, -0.2) is 0 Å². The van der Waals surface area contributed by atoms with Gasteiger partial charge >= 0.3 is 0 Å². The van der Waals surface area contributed by atoms with E-state index < -0.39 is 0 Å². The van der Waals surface area contributed by atoms with Crippen molar-refractivity contribution in [2.24, 2.45) is 5.73 Å². The minimum Gasteiger partial charge on any atom is -0.494 e. The predicted octanol–water partition coefficient (Wildman–Crippen LogP) is 2.29. The Morgan fingerprint density at radius 1 is 1.29 bits per heavy atom. The molecule has 17 heavy (non-hydrogen) atoms. The maximum atomic E-state index is 9.41. The van der Waals surface area contributed by atoms with E-state index in [-0.39, 0.29) is 12.0 Å². The highest BCUT2D eigenvalue weighted by Gasteiger charge is 2.12. The van der Waals surface area contributed by atoms with E-state index >= 15 is 0 Å². The molecule has 0 aromatic heterocycles. The predicted molar refractivity (Wildman–Crippen MR) is 70.3 cm³/mol. The van der Waals surface area contributed by atoms with Crippen molar-refractivity contribution < 1.29 is 9.84 Å². The molecule has 2 atom stereocenters. The quantitative estimate of drug-likeness (QED) is 0.765. The van der Waals surface area contributed by atoms with E-state index in [2.05, 4.69) is 6.92 Å². The summed E-state index contributed by atoms with van der Waals surface area (Å²) in [6.45, 7) is 5.18. The smallest absolute Gasteiger partial charge is 0.119 e. The molecule has 2 unspecified atom stereocenters. The van der Waals surface area contributed by atoms with Crippen LogP contribution in [0, 0.1) is 0 Å².